The van der Waals surface area contributed by atoms with E-state index >= 15 is 0 Å². The highest BCUT2D eigenvalue weighted by Crippen LogP contribution is 2.30. The number of hydrogen-bond donors (Lipinski definition) is 0. The van der Waals surface area contributed by atoms with Gasteiger partial charge in [0.1, 0.15) is 0 Å². The molecule has 0 radical (unpaired) electrons. The lowest BCUT2D eigenvalue weighted by atomic mass is 10.0. The summed E-state index contributed by atoms with van der Waals surface area (Å²) in [5, 5.41) is 0. The van der Waals surface area contributed by atoms with E-state index < -0.39 is 0 Å². The zero-order chi connectivity index (χ0) is 20.4. The number of rotatable bonds is 4. The molecule has 1 atom stereocenters. The molecule has 4 nitrogen and oxygen atoms in total. The van der Waals surface area contributed by atoms with Crippen molar-refractivity contribution in [3.05, 3.63) is 65.2 Å². The summed E-state index contributed by atoms with van der Waals surface area (Å²) in [7, 11) is 0. The molecule has 1 fully saturated rings. The average Bonchev–Trinajstić information content (AvgIpc) is 2.86. The molecule has 0 spiro atoms. The van der Waals surface area contributed by atoms with Gasteiger partial charge in [0.2, 0.25) is 5.91 Å². The summed E-state index contributed by atoms with van der Waals surface area (Å²) in [6.45, 7) is 11.3. The maximum Gasteiger partial charge on any atom is 0.244 e. The number of hydrogen-bond acceptors (Lipinski definition) is 3. The SMILES string of the molecule is Cc1ccc(CN2CCN(C3CCc4ccccc4N(C(C)C)C3=O)CC2)cc1. The summed E-state index contributed by atoms with van der Waals surface area (Å²) in [6.07, 6.45) is 1.89. The average molecular weight is 392 g/mol. The van der Waals surface area contributed by atoms with E-state index in [0.717, 1.165) is 51.3 Å². The summed E-state index contributed by atoms with van der Waals surface area (Å²) >= 11 is 0. The molecule has 2 aliphatic heterocycles. The van der Waals surface area contributed by atoms with Gasteiger partial charge in [-0.25, -0.2) is 0 Å². The standard InChI is InChI=1S/C25H33N3O/c1-19(2)28-23-7-5-4-6-22(23)12-13-24(25(28)29)27-16-14-26(15-17-27)18-21-10-8-20(3)9-11-21/h4-11,19,24H,12-18H2,1-3H3. The van der Waals surface area contributed by atoms with E-state index in [1.54, 1.807) is 0 Å². The minimum absolute atomic E-state index is 0.00803. The van der Waals surface area contributed by atoms with Crippen LogP contribution in [0.4, 0.5) is 5.69 Å². The maximum absolute atomic E-state index is 13.5. The maximum atomic E-state index is 13.5. The smallest absolute Gasteiger partial charge is 0.244 e. The molecule has 0 N–H and O–H groups in total. The van der Waals surface area contributed by atoms with Crippen LogP contribution in [-0.4, -0.2) is 54.0 Å². The topological polar surface area (TPSA) is 26.8 Å². The Labute approximate surface area is 175 Å². The van der Waals surface area contributed by atoms with Gasteiger partial charge in [-0.2, -0.15) is 0 Å². The third-order valence-corrected chi connectivity index (χ3v) is 6.35. The highest BCUT2D eigenvalue weighted by Gasteiger charge is 2.36. The van der Waals surface area contributed by atoms with Crippen LogP contribution in [0.25, 0.3) is 0 Å². The van der Waals surface area contributed by atoms with Gasteiger partial charge < -0.3 is 4.90 Å². The molecule has 2 heterocycles. The summed E-state index contributed by atoms with van der Waals surface area (Å²) in [5.41, 5.74) is 5.08. The fourth-order valence-electron chi connectivity index (χ4n) is 4.71. The van der Waals surface area contributed by atoms with Crippen LogP contribution in [0.15, 0.2) is 48.5 Å². The zero-order valence-electron chi connectivity index (χ0n) is 18.0. The van der Waals surface area contributed by atoms with E-state index in [4.69, 9.17) is 0 Å². The lowest BCUT2D eigenvalue weighted by Gasteiger charge is -2.40. The normalized spacial score (nSPS) is 21.3. The predicted octanol–water partition coefficient (Wildman–Crippen LogP) is 3.87. The molecule has 0 saturated carbocycles. The molecule has 2 aromatic carbocycles. The van der Waals surface area contributed by atoms with Crippen molar-refractivity contribution in [2.45, 2.75) is 52.2 Å². The second-order valence-corrected chi connectivity index (χ2v) is 8.78. The van der Waals surface area contributed by atoms with Gasteiger partial charge in [0.05, 0.1) is 6.04 Å². The van der Waals surface area contributed by atoms with E-state index in [-0.39, 0.29) is 18.0 Å². The van der Waals surface area contributed by atoms with Crippen LogP contribution in [0.1, 0.15) is 37.0 Å². The van der Waals surface area contributed by atoms with E-state index in [1.807, 2.05) is 11.0 Å². The third kappa shape index (κ3) is 4.39. The number of anilines is 1. The Morgan fingerprint density at radius 3 is 2.34 bits per heavy atom. The molecule has 154 valence electrons. The number of benzene rings is 2. The Morgan fingerprint density at radius 2 is 1.66 bits per heavy atom. The van der Waals surface area contributed by atoms with Gasteiger partial charge in [-0.15, -0.1) is 0 Å². The van der Waals surface area contributed by atoms with Crippen molar-refractivity contribution in [2.75, 3.05) is 31.1 Å². The van der Waals surface area contributed by atoms with E-state index in [9.17, 15) is 4.79 Å². The first-order valence-electron chi connectivity index (χ1n) is 11.0. The molecular formula is C25H33N3O. The van der Waals surface area contributed by atoms with Crippen LogP contribution in [-0.2, 0) is 17.8 Å². The number of amides is 1. The van der Waals surface area contributed by atoms with E-state index in [1.165, 1.54) is 16.7 Å². The quantitative estimate of drug-likeness (QED) is 0.792. The largest absolute Gasteiger partial charge is 0.308 e. The van der Waals surface area contributed by atoms with Crippen LogP contribution >= 0.6 is 0 Å². The Morgan fingerprint density at radius 1 is 0.966 bits per heavy atom. The van der Waals surface area contributed by atoms with Crippen LogP contribution in [0.5, 0.6) is 0 Å². The Hall–Kier alpha value is -2.17. The molecule has 1 saturated heterocycles. The fraction of sp³-hybridized carbons (Fsp3) is 0.480. The molecule has 1 amide bonds. The first-order valence-corrected chi connectivity index (χ1v) is 11.0. The summed E-state index contributed by atoms with van der Waals surface area (Å²) in [4.78, 5) is 20.5. The number of fused-ring (bicyclic) bond motifs is 1. The predicted molar refractivity (Wildman–Crippen MR) is 119 cm³/mol. The van der Waals surface area contributed by atoms with Gasteiger partial charge in [-0.05, 0) is 50.8 Å². The minimum Gasteiger partial charge on any atom is -0.308 e. The molecule has 29 heavy (non-hydrogen) atoms. The lowest BCUT2D eigenvalue weighted by Crippen LogP contribution is -2.56. The highest BCUT2D eigenvalue weighted by atomic mass is 16.2. The lowest BCUT2D eigenvalue weighted by molar-refractivity contribution is -0.125. The number of carbonyl (C=O) groups excluding carboxylic acids is 1. The second kappa shape index (κ2) is 8.68. The summed E-state index contributed by atoms with van der Waals surface area (Å²) < 4.78 is 0. The molecule has 2 aliphatic rings. The van der Waals surface area contributed by atoms with Gasteiger partial charge >= 0.3 is 0 Å². The first kappa shape index (κ1) is 20.1. The van der Waals surface area contributed by atoms with Gasteiger partial charge in [0.15, 0.2) is 0 Å². The van der Waals surface area contributed by atoms with Gasteiger partial charge in [-0.1, -0.05) is 48.0 Å². The zero-order valence-corrected chi connectivity index (χ0v) is 18.0. The summed E-state index contributed by atoms with van der Waals surface area (Å²) in [5.74, 6) is 0.275. The van der Waals surface area contributed by atoms with Crippen molar-refractivity contribution in [3.63, 3.8) is 0 Å². The molecule has 0 aromatic heterocycles. The van der Waals surface area contributed by atoms with Crippen molar-refractivity contribution in [1.82, 2.24) is 9.80 Å². The number of carbonyl (C=O) groups is 1. The van der Waals surface area contributed by atoms with Crippen molar-refractivity contribution in [1.29, 1.82) is 0 Å². The fourth-order valence-corrected chi connectivity index (χ4v) is 4.71. The van der Waals surface area contributed by atoms with Crippen molar-refractivity contribution in [2.24, 2.45) is 0 Å². The van der Waals surface area contributed by atoms with Crippen LogP contribution < -0.4 is 4.90 Å². The second-order valence-electron chi connectivity index (χ2n) is 8.78. The monoisotopic (exact) mass is 391 g/mol. The van der Waals surface area contributed by atoms with Crippen molar-refractivity contribution in [3.8, 4) is 0 Å². The first-order chi connectivity index (χ1) is 14.0. The molecule has 1 unspecified atom stereocenters. The molecule has 0 aliphatic carbocycles. The summed E-state index contributed by atoms with van der Waals surface area (Å²) in [6, 6.07) is 17.4. The van der Waals surface area contributed by atoms with Crippen LogP contribution in [0, 0.1) is 6.92 Å². The minimum atomic E-state index is -0.00803. The molecule has 0 bridgehead atoms. The number of para-hydroxylation sites is 1. The Kier molecular flexibility index (Phi) is 6.02. The van der Waals surface area contributed by atoms with Crippen molar-refractivity contribution < 1.29 is 4.79 Å². The molecule has 2 aromatic rings. The van der Waals surface area contributed by atoms with Crippen LogP contribution in [0.3, 0.4) is 0 Å². The number of nitrogens with zero attached hydrogens (tertiary/aromatic N) is 3. The van der Waals surface area contributed by atoms with Gasteiger partial charge in [0.25, 0.3) is 0 Å². The molecular weight excluding hydrogens is 358 g/mol. The Balaban J connectivity index is 1.43. The van der Waals surface area contributed by atoms with Gasteiger partial charge in [0, 0.05) is 44.5 Å². The van der Waals surface area contributed by atoms with Gasteiger partial charge in [-0.3, -0.25) is 14.6 Å². The van der Waals surface area contributed by atoms with E-state index in [0.29, 0.717) is 0 Å². The van der Waals surface area contributed by atoms with Crippen molar-refractivity contribution >= 4 is 11.6 Å². The van der Waals surface area contributed by atoms with E-state index in [2.05, 4.69) is 73.0 Å². The number of aryl methyl sites for hydroxylation is 2. The highest BCUT2D eigenvalue weighted by molar-refractivity contribution is 5.99. The molecule has 4 heteroatoms. The molecule has 4 rings (SSSR count). The third-order valence-electron chi connectivity index (χ3n) is 6.35. The Bertz CT molecular complexity index is 837. The number of piperazine rings is 1. The van der Waals surface area contributed by atoms with Crippen LogP contribution in [0.2, 0.25) is 0 Å².